The molecule has 0 aliphatic heterocycles. The number of rotatable bonds is 2. The number of hydrogen-bond donors (Lipinski definition) is 2. The second-order valence-electron chi connectivity index (χ2n) is 7.51. The van der Waals surface area contributed by atoms with E-state index in [1.165, 1.54) is 11.1 Å². The summed E-state index contributed by atoms with van der Waals surface area (Å²) in [6.45, 7) is 11.0. The van der Waals surface area contributed by atoms with Crippen molar-refractivity contribution in [1.82, 2.24) is 0 Å². The average Bonchev–Trinajstić information content (AvgIpc) is 2.80. The van der Waals surface area contributed by atoms with Gasteiger partial charge in [0.25, 0.3) is 0 Å². The maximum absolute atomic E-state index is 9.63. The highest BCUT2D eigenvalue weighted by molar-refractivity contribution is 5.45. The van der Waals surface area contributed by atoms with Crippen LogP contribution in [0.1, 0.15) is 58.6 Å². The molecule has 24 heavy (non-hydrogen) atoms. The highest BCUT2D eigenvalue weighted by Crippen LogP contribution is 2.57. The zero-order chi connectivity index (χ0) is 18.0. The Morgan fingerprint density at radius 2 is 1.17 bits per heavy atom. The van der Waals surface area contributed by atoms with E-state index >= 15 is 0 Å². The lowest BCUT2D eigenvalue weighted by molar-refractivity contribution is 0.356. The van der Waals surface area contributed by atoms with Gasteiger partial charge in [-0.15, -0.1) is 0 Å². The minimum Gasteiger partial charge on any atom is -0.508 e. The molecule has 1 aliphatic rings. The fourth-order valence-corrected chi connectivity index (χ4v) is 4.46. The topological polar surface area (TPSA) is 40.5 Å². The molecule has 1 unspecified atom stereocenters. The summed E-state index contributed by atoms with van der Waals surface area (Å²) >= 11 is 0. The van der Waals surface area contributed by atoms with Crippen LogP contribution in [0.15, 0.2) is 48.5 Å². The Morgan fingerprint density at radius 1 is 0.792 bits per heavy atom. The average molecular weight is 326 g/mol. The normalized spacial score (nSPS) is 21.0. The molecule has 2 heteroatoms. The zero-order valence-corrected chi connectivity index (χ0v) is 15.5. The number of aromatic hydroxyl groups is 2. The van der Waals surface area contributed by atoms with Crippen LogP contribution in [0.5, 0.6) is 11.5 Å². The standard InChI is InChI=1S/C20H24O2.C2H6/c1-14-12-19(2,3)13-20(14,15-4-8-17(21)9-5-15)16-6-10-18(22)11-7-16;1-2/h4-11,14,21-22H,12-13H2,1-3H3;1-2H3. The van der Waals surface area contributed by atoms with Crippen LogP contribution in [0.25, 0.3) is 0 Å². The van der Waals surface area contributed by atoms with E-state index in [-0.39, 0.29) is 10.8 Å². The molecular weight excluding hydrogens is 296 g/mol. The fraction of sp³-hybridized carbons (Fsp3) is 0.455. The molecule has 1 saturated carbocycles. The molecule has 0 radical (unpaired) electrons. The minimum atomic E-state index is -0.0646. The molecule has 1 atom stereocenters. The molecule has 0 saturated heterocycles. The van der Waals surface area contributed by atoms with E-state index in [0.717, 1.165) is 12.8 Å². The van der Waals surface area contributed by atoms with Crippen LogP contribution in [-0.4, -0.2) is 10.2 Å². The molecule has 0 aromatic heterocycles. The molecule has 2 aromatic rings. The van der Waals surface area contributed by atoms with E-state index in [4.69, 9.17) is 0 Å². The summed E-state index contributed by atoms with van der Waals surface area (Å²) in [6, 6.07) is 15.3. The minimum absolute atomic E-state index is 0.0646. The molecular formula is C22H30O2. The number of hydrogen-bond acceptors (Lipinski definition) is 2. The van der Waals surface area contributed by atoms with E-state index in [1.54, 1.807) is 24.3 Å². The third-order valence-corrected chi connectivity index (χ3v) is 5.22. The molecule has 2 aromatic carbocycles. The molecule has 1 aliphatic carbocycles. The van der Waals surface area contributed by atoms with E-state index in [0.29, 0.717) is 17.4 Å². The van der Waals surface area contributed by atoms with Gasteiger partial charge in [-0.1, -0.05) is 58.9 Å². The first-order chi connectivity index (χ1) is 11.3. The first kappa shape index (κ1) is 18.4. The van der Waals surface area contributed by atoms with Crippen LogP contribution in [0.2, 0.25) is 0 Å². The van der Waals surface area contributed by atoms with Crippen LogP contribution in [-0.2, 0) is 5.41 Å². The number of phenolic OH excluding ortho intramolecular Hbond substituents is 2. The van der Waals surface area contributed by atoms with Crippen molar-refractivity contribution >= 4 is 0 Å². The third kappa shape index (κ3) is 3.28. The van der Waals surface area contributed by atoms with Gasteiger partial charge in [0, 0.05) is 5.41 Å². The van der Waals surface area contributed by atoms with Gasteiger partial charge in [0.1, 0.15) is 11.5 Å². The smallest absolute Gasteiger partial charge is 0.115 e. The second-order valence-corrected chi connectivity index (χ2v) is 7.51. The largest absolute Gasteiger partial charge is 0.508 e. The summed E-state index contributed by atoms with van der Waals surface area (Å²) in [4.78, 5) is 0. The Hall–Kier alpha value is -1.96. The lowest BCUT2D eigenvalue weighted by atomic mass is 9.67. The van der Waals surface area contributed by atoms with Crippen molar-refractivity contribution in [2.45, 2.75) is 52.9 Å². The zero-order valence-electron chi connectivity index (χ0n) is 15.5. The summed E-state index contributed by atoms with van der Waals surface area (Å²) in [5, 5.41) is 19.3. The molecule has 0 bridgehead atoms. The Kier molecular flexibility index (Phi) is 5.27. The lowest BCUT2D eigenvalue weighted by Crippen LogP contribution is -2.31. The fourth-order valence-electron chi connectivity index (χ4n) is 4.46. The Balaban J connectivity index is 0.00000100. The summed E-state index contributed by atoms with van der Waals surface area (Å²) in [5.41, 5.74) is 2.70. The van der Waals surface area contributed by atoms with Crippen LogP contribution in [0.4, 0.5) is 0 Å². The first-order valence-corrected chi connectivity index (χ1v) is 8.92. The quantitative estimate of drug-likeness (QED) is 0.725. The molecule has 0 amide bonds. The maximum Gasteiger partial charge on any atom is 0.115 e. The van der Waals surface area contributed by atoms with Gasteiger partial charge in [-0.2, -0.15) is 0 Å². The predicted octanol–water partition coefficient (Wildman–Crippen LogP) is 5.87. The summed E-state index contributed by atoms with van der Waals surface area (Å²) in [7, 11) is 0. The van der Waals surface area contributed by atoms with Crippen molar-refractivity contribution < 1.29 is 10.2 Å². The van der Waals surface area contributed by atoms with Crippen LogP contribution >= 0.6 is 0 Å². The Labute approximate surface area is 146 Å². The molecule has 130 valence electrons. The predicted molar refractivity (Wildman–Crippen MR) is 101 cm³/mol. The Bertz CT molecular complexity index is 608. The van der Waals surface area contributed by atoms with Crippen molar-refractivity contribution in [2.24, 2.45) is 11.3 Å². The summed E-state index contributed by atoms with van der Waals surface area (Å²) < 4.78 is 0. The molecule has 3 rings (SSSR count). The van der Waals surface area contributed by atoms with Crippen molar-refractivity contribution in [3.8, 4) is 11.5 Å². The Morgan fingerprint density at radius 3 is 1.46 bits per heavy atom. The van der Waals surface area contributed by atoms with Gasteiger partial charge in [0.05, 0.1) is 0 Å². The lowest BCUT2D eigenvalue weighted by Gasteiger charge is -2.36. The first-order valence-electron chi connectivity index (χ1n) is 8.92. The van der Waals surface area contributed by atoms with Gasteiger partial charge in [-0.25, -0.2) is 0 Å². The molecule has 2 N–H and O–H groups in total. The maximum atomic E-state index is 9.63. The van der Waals surface area contributed by atoms with Crippen molar-refractivity contribution in [2.75, 3.05) is 0 Å². The number of benzene rings is 2. The number of phenols is 2. The van der Waals surface area contributed by atoms with Crippen molar-refractivity contribution in [3.63, 3.8) is 0 Å². The summed E-state index contributed by atoms with van der Waals surface area (Å²) in [6.07, 6.45) is 2.23. The van der Waals surface area contributed by atoms with Gasteiger partial charge < -0.3 is 10.2 Å². The van der Waals surface area contributed by atoms with Gasteiger partial charge in [-0.3, -0.25) is 0 Å². The van der Waals surface area contributed by atoms with Gasteiger partial charge in [0.2, 0.25) is 0 Å². The highest BCUT2D eigenvalue weighted by Gasteiger charge is 2.50. The van der Waals surface area contributed by atoms with Crippen molar-refractivity contribution in [1.29, 1.82) is 0 Å². The third-order valence-electron chi connectivity index (χ3n) is 5.22. The van der Waals surface area contributed by atoms with Crippen LogP contribution in [0, 0.1) is 11.3 Å². The molecule has 0 heterocycles. The van der Waals surface area contributed by atoms with Crippen LogP contribution < -0.4 is 0 Å². The molecule has 0 spiro atoms. The van der Waals surface area contributed by atoms with Gasteiger partial charge in [-0.05, 0) is 59.6 Å². The summed E-state index contributed by atoms with van der Waals surface area (Å²) in [5.74, 6) is 1.10. The van der Waals surface area contributed by atoms with Crippen LogP contribution in [0.3, 0.4) is 0 Å². The van der Waals surface area contributed by atoms with Gasteiger partial charge in [0.15, 0.2) is 0 Å². The van der Waals surface area contributed by atoms with E-state index in [2.05, 4.69) is 20.8 Å². The van der Waals surface area contributed by atoms with E-state index < -0.39 is 0 Å². The monoisotopic (exact) mass is 326 g/mol. The van der Waals surface area contributed by atoms with E-state index in [1.807, 2.05) is 38.1 Å². The van der Waals surface area contributed by atoms with Crippen molar-refractivity contribution in [3.05, 3.63) is 59.7 Å². The van der Waals surface area contributed by atoms with E-state index in [9.17, 15) is 10.2 Å². The molecule has 2 nitrogen and oxygen atoms in total. The van der Waals surface area contributed by atoms with Gasteiger partial charge >= 0.3 is 0 Å². The highest BCUT2D eigenvalue weighted by atomic mass is 16.3. The SMILES string of the molecule is CC.CC1CC(C)(C)CC1(c1ccc(O)cc1)c1ccc(O)cc1. The second kappa shape index (κ2) is 6.88. The molecule has 1 fully saturated rings.